The molecular weight excluding hydrogens is 550 g/mol. The van der Waals surface area contributed by atoms with Crippen LogP contribution in [0.15, 0.2) is 79.3 Å². The number of hydrogen-bond donors (Lipinski definition) is 1. The van der Waals surface area contributed by atoms with Gasteiger partial charge < -0.3 is 10.1 Å². The van der Waals surface area contributed by atoms with E-state index in [1.54, 1.807) is 42.7 Å². The van der Waals surface area contributed by atoms with E-state index >= 15 is 4.48 Å². The molecule has 214 valence electrons. The molecule has 1 amide bonds. The van der Waals surface area contributed by atoms with E-state index in [2.05, 4.69) is 20.3 Å². The molecule has 7 nitrogen and oxygen atoms in total. The van der Waals surface area contributed by atoms with Crippen molar-refractivity contribution in [1.29, 1.82) is 0 Å². The Kier molecular flexibility index (Phi) is 7.66. The van der Waals surface area contributed by atoms with Crippen molar-refractivity contribution in [3.05, 3.63) is 96.2 Å². The predicted octanol–water partition coefficient (Wildman–Crippen LogP) is 7.26. The quantitative estimate of drug-likeness (QED) is 0.197. The number of pyridine rings is 3. The van der Waals surface area contributed by atoms with Crippen molar-refractivity contribution in [3.8, 4) is 22.5 Å². The zero-order valence-corrected chi connectivity index (χ0v) is 22.2. The van der Waals surface area contributed by atoms with Crippen LogP contribution < -0.4 is 5.32 Å². The first-order valence-corrected chi connectivity index (χ1v) is 13.4. The van der Waals surface area contributed by atoms with E-state index in [1.807, 2.05) is 0 Å². The molecule has 1 aliphatic heterocycles. The molecule has 42 heavy (non-hydrogen) atoms. The van der Waals surface area contributed by atoms with Crippen molar-refractivity contribution < 1.29 is 27.2 Å². The van der Waals surface area contributed by atoms with E-state index in [0.717, 1.165) is 25.0 Å². The summed E-state index contributed by atoms with van der Waals surface area (Å²) in [6, 6.07) is 14.9. The van der Waals surface area contributed by atoms with Crippen molar-refractivity contribution in [2.45, 2.75) is 37.7 Å². The minimum atomic E-state index is -2.78. The topological polar surface area (TPSA) is 81.9 Å². The molecule has 11 heteroatoms. The lowest BCUT2D eigenvalue weighted by Crippen LogP contribution is -2.23. The summed E-state index contributed by atoms with van der Waals surface area (Å²) in [5.74, 6) is -2.53. The fourth-order valence-corrected chi connectivity index (χ4v) is 5.40. The molecular formula is C31H25F4N5O2. The molecule has 6 rings (SSSR count). The Bertz CT molecular complexity index is 1720. The monoisotopic (exact) mass is 575 g/mol. The molecule has 2 unspecified atom stereocenters. The van der Waals surface area contributed by atoms with Crippen molar-refractivity contribution in [1.82, 2.24) is 19.7 Å². The van der Waals surface area contributed by atoms with Gasteiger partial charge in [0, 0.05) is 42.7 Å². The van der Waals surface area contributed by atoms with E-state index in [-0.39, 0.29) is 28.7 Å². The molecule has 2 atom stereocenters. The maximum absolute atomic E-state index is 16.5. The van der Waals surface area contributed by atoms with Crippen LogP contribution in [0.2, 0.25) is 0 Å². The maximum atomic E-state index is 16.5. The number of carbonyl (C=O) groups is 1. The van der Waals surface area contributed by atoms with Gasteiger partial charge in [-0.25, -0.2) is 18.2 Å². The zero-order chi connectivity index (χ0) is 29.2. The summed E-state index contributed by atoms with van der Waals surface area (Å²) in [4.78, 5) is 26.9. The van der Waals surface area contributed by atoms with Gasteiger partial charge in [0.2, 0.25) is 12.3 Å². The first-order valence-electron chi connectivity index (χ1n) is 13.4. The number of hydrogen-bond acceptors (Lipinski definition) is 5. The number of nitrogens with one attached hydrogen (secondary N) is 1. The van der Waals surface area contributed by atoms with Crippen LogP contribution in [0.3, 0.4) is 0 Å². The number of nitrogens with zero attached hydrogens (tertiary/aromatic N) is 4. The second-order valence-electron chi connectivity index (χ2n) is 9.97. The minimum absolute atomic E-state index is 0.0309. The van der Waals surface area contributed by atoms with Crippen molar-refractivity contribution in [3.63, 3.8) is 0 Å². The van der Waals surface area contributed by atoms with Crippen LogP contribution in [0.4, 0.5) is 23.5 Å². The van der Waals surface area contributed by atoms with Crippen LogP contribution in [0, 0.1) is 5.82 Å². The summed E-state index contributed by atoms with van der Waals surface area (Å²) in [5, 5.41) is 2.58. The van der Waals surface area contributed by atoms with Crippen LogP contribution in [0.5, 0.6) is 0 Å². The maximum Gasteiger partial charge on any atom is 0.239 e. The second kappa shape index (κ2) is 11.7. The van der Waals surface area contributed by atoms with E-state index in [4.69, 9.17) is 4.74 Å². The standard InChI is InChI=1S/C31H25F4N5O2/c32-20-8-6-18(7-9-20)22(17-25(33)34)31(41)39-26-16-19(10-13-37-26)29-27(23-4-1-2-12-36-23)28-30(40(29)35)21(11-14-38-28)24-5-3-15-42-24/h1-2,4,6-14,16,22,24-25H,3,5,15,17H2,(H,37,39,41). The predicted molar refractivity (Wildman–Crippen MR) is 149 cm³/mol. The van der Waals surface area contributed by atoms with E-state index < -0.39 is 30.5 Å². The molecule has 1 N–H and O–H groups in total. The normalized spacial score (nSPS) is 15.8. The van der Waals surface area contributed by atoms with Crippen LogP contribution in [-0.4, -0.2) is 38.7 Å². The van der Waals surface area contributed by atoms with Gasteiger partial charge in [-0.05, 0) is 60.9 Å². The highest BCUT2D eigenvalue weighted by Crippen LogP contribution is 2.43. The summed E-state index contributed by atoms with van der Waals surface area (Å²) in [5.41, 5.74) is 2.99. The molecule has 0 aliphatic carbocycles. The van der Waals surface area contributed by atoms with E-state index in [0.29, 0.717) is 39.3 Å². The van der Waals surface area contributed by atoms with Gasteiger partial charge in [0.15, 0.2) is 0 Å². The number of amides is 1. The van der Waals surface area contributed by atoms with Gasteiger partial charge in [0.05, 0.1) is 29.0 Å². The molecule has 1 aromatic carbocycles. The third-order valence-electron chi connectivity index (χ3n) is 7.31. The third kappa shape index (κ3) is 5.35. The van der Waals surface area contributed by atoms with Gasteiger partial charge in [0.25, 0.3) is 0 Å². The summed E-state index contributed by atoms with van der Waals surface area (Å²) in [7, 11) is 0. The van der Waals surface area contributed by atoms with Crippen molar-refractivity contribution >= 4 is 22.8 Å². The number of ether oxygens (including phenoxy) is 1. The van der Waals surface area contributed by atoms with Crippen molar-refractivity contribution in [2.75, 3.05) is 11.9 Å². The molecule has 0 radical (unpaired) electrons. The lowest BCUT2D eigenvalue weighted by atomic mass is 9.95. The summed E-state index contributed by atoms with van der Waals surface area (Å²) >= 11 is 0. The SMILES string of the molecule is O=C(Nc1cc(-c2c(-c3ccccn3)c3nccc(C4CCCO4)c3n2F)ccn1)C(CC(F)F)c1ccc(F)cc1. The van der Waals surface area contributed by atoms with Crippen LogP contribution in [0.1, 0.15) is 42.4 Å². The van der Waals surface area contributed by atoms with Crippen molar-refractivity contribution in [2.24, 2.45) is 0 Å². The highest BCUT2D eigenvalue weighted by molar-refractivity contribution is 6.03. The number of rotatable bonds is 8. The van der Waals surface area contributed by atoms with Crippen LogP contribution in [-0.2, 0) is 9.53 Å². The average Bonchev–Trinajstić information content (AvgIpc) is 3.64. The lowest BCUT2D eigenvalue weighted by molar-refractivity contribution is -0.118. The Hall–Kier alpha value is -4.64. The van der Waals surface area contributed by atoms with Gasteiger partial charge in [-0.2, -0.15) is 4.79 Å². The first-order chi connectivity index (χ1) is 20.4. The summed E-state index contributed by atoms with van der Waals surface area (Å²) < 4.78 is 62.6. The molecule has 1 aliphatic rings. The van der Waals surface area contributed by atoms with E-state index in [1.165, 1.54) is 24.4 Å². The second-order valence-corrected chi connectivity index (χ2v) is 9.97. The Morgan fingerprint density at radius 3 is 2.55 bits per heavy atom. The Balaban J connectivity index is 1.43. The zero-order valence-electron chi connectivity index (χ0n) is 22.2. The number of benzene rings is 1. The Labute approximate surface area is 238 Å². The average molecular weight is 576 g/mol. The summed E-state index contributed by atoms with van der Waals surface area (Å²) in [6.07, 6.45) is 2.38. The number of alkyl halides is 2. The molecule has 0 bridgehead atoms. The van der Waals surface area contributed by atoms with Crippen LogP contribution in [0.25, 0.3) is 33.5 Å². The lowest BCUT2D eigenvalue weighted by Gasteiger charge is -2.17. The summed E-state index contributed by atoms with van der Waals surface area (Å²) in [6.45, 7) is 0.583. The molecule has 4 aromatic heterocycles. The van der Waals surface area contributed by atoms with Gasteiger partial charge in [-0.3, -0.25) is 14.8 Å². The molecule has 1 saturated heterocycles. The molecule has 5 heterocycles. The molecule has 1 fully saturated rings. The van der Waals surface area contributed by atoms with Gasteiger partial charge >= 0.3 is 0 Å². The largest absolute Gasteiger partial charge is 0.373 e. The van der Waals surface area contributed by atoms with Crippen LogP contribution >= 0.6 is 0 Å². The molecule has 5 aromatic rings. The first kappa shape index (κ1) is 27.5. The van der Waals surface area contributed by atoms with E-state index in [9.17, 15) is 18.0 Å². The Morgan fingerprint density at radius 1 is 1.02 bits per heavy atom. The number of anilines is 1. The fraction of sp³-hybridized carbons (Fsp3) is 0.226. The smallest absolute Gasteiger partial charge is 0.239 e. The molecule has 0 saturated carbocycles. The number of aromatic nitrogens is 4. The minimum Gasteiger partial charge on any atom is -0.373 e. The highest BCUT2D eigenvalue weighted by Gasteiger charge is 2.29. The number of carbonyl (C=O) groups excluding carboxylic acids is 1. The fourth-order valence-electron chi connectivity index (χ4n) is 5.40. The Morgan fingerprint density at radius 2 is 1.83 bits per heavy atom. The highest BCUT2D eigenvalue weighted by atomic mass is 19.3. The van der Waals surface area contributed by atoms with Gasteiger partial charge in [-0.1, -0.05) is 22.7 Å². The van der Waals surface area contributed by atoms with Gasteiger partial charge in [-0.15, -0.1) is 0 Å². The third-order valence-corrected chi connectivity index (χ3v) is 7.31. The number of fused-ring (bicyclic) bond motifs is 1. The van der Waals surface area contributed by atoms with Gasteiger partial charge in [0.1, 0.15) is 22.7 Å². The molecule has 0 spiro atoms. The number of halogens is 4.